The fraction of sp³-hybridized carbons (Fsp3) is 0.308. The molecule has 20 heavy (non-hydrogen) atoms. The van der Waals surface area contributed by atoms with Crippen LogP contribution in [-0.2, 0) is 4.74 Å². The zero-order valence-corrected chi connectivity index (χ0v) is 11.3. The van der Waals surface area contributed by atoms with Crippen molar-refractivity contribution < 1.29 is 9.15 Å². The summed E-state index contributed by atoms with van der Waals surface area (Å²) < 4.78 is 10.9. The molecule has 3 aromatic heterocycles. The number of anilines is 1. The van der Waals surface area contributed by atoms with Gasteiger partial charge in [0.15, 0.2) is 11.5 Å². The number of hydrogen-bond acceptors (Lipinski definition) is 6. The monoisotopic (exact) mass is 273 g/mol. The van der Waals surface area contributed by atoms with E-state index in [-0.39, 0.29) is 6.04 Å². The van der Waals surface area contributed by atoms with Crippen molar-refractivity contribution in [3.8, 4) is 0 Å². The van der Waals surface area contributed by atoms with E-state index < -0.39 is 0 Å². The Morgan fingerprint density at radius 1 is 1.35 bits per heavy atom. The van der Waals surface area contributed by atoms with Crippen molar-refractivity contribution in [2.75, 3.05) is 19.0 Å². The van der Waals surface area contributed by atoms with Crippen LogP contribution in [0.1, 0.15) is 17.6 Å². The van der Waals surface area contributed by atoms with Crippen molar-refractivity contribution in [1.29, 1.82) is 0 Å². The number of aromatic amines is 1. The number of hydrogen-bond donors (Lipinski definition) is 2. The summed E-state index contributed by atoms with van der Waals surface area (Å²) >= 11 is 0. The third kappa shape index (κ3) is 2.35. The van der Waals surface area contributed by atoms with E-state index in [0.29, 0.717) is 18.1 Å². The lowest BCUT2D eigenvalue weighted by Crippen LogP contribution is -2.16. The molecule has 7 nitrogen and oxygen atoms in total. The molecule has 104 valence electrons. The number of nitrogens with one attached hydrogen (secondary N) is 2. The molecule has 1 atom stereocenters. The molecule has 0 aromatic carbocycles. The highest BCUT2D eigenvalue weighted by Crippen LogP contribution is 2.23. The number of aromatic nitrogens is 4. The SMILES string of the molecule is COCC(Nc1ncnc2nc[nH]c12)c1ccc(C)o1. The first-order valence-corrected chi connectivity index (χ1v) is 6.24. The summed E-state index contributed by atoms with van der Waals surface area (Å²) in [6, 6.07) is 3.72. The van der Waals surface area contributed by atoms with E-state index in [0.717, 1.165) is 17.0 Å². The topological polar surface area (TPSA) is 88.9 Å². The number of fused-ring (bicyclic) bond motifs is 1. The molecule has 2 N–H and O–H groups in total. The van der Waals surface area contributed by atoms with E-state index in [1.807, 2.05) is 19.1 Å². The van der Waals surface area contributed by atoms with Gasteiger partial charge in [0.25, 0.3) is 0 Å². The lowest BCUT2D eigenvalue weighted by atomic mass is 10.2. The summed E-state index contributed by atoms with van der Waals surface area (Å²) in [5.74, 6) is 2.33. The summed E-state index contributed by atoms with van der Waals surface area (Å²) in [4.78, 5) is 15.5. The number of H-pyrrole nitrogens is 1. The van der Waals surface area contributed by atoms with E-state index in [4.69, 9.17) is 9.15 Å². The molecule has 0 bridgehead atoms. The van der Waals surface area contributed by atoms with Crippen LogP contribution in [0.5, 0.6) is 0 Å². The molecule has 3 heterocycles. The van der Waals surface area contributed by atoms with Gasteiger partial charge in [-0.1, -0.05) is 0 Å². The molecule has 0 aliphatic carbocycles. The van der Waals surface area contributed by atoms with Crippen LogP contribution in [-0.4, -0.2) is 33.7 Å². The van der Waals surface area contributed by atoms with Crippen molar-refractivity contribution in [1.82, 2.24) is 19.9 Å². The van der Waals surface area contributed by atoms with Crippen LogP contribution < -0.4 is 5.32 Å². The van der Waals surface area contributed by atoms with Crippen LogP contribution >= 0.6 is 0 Å². The molecular weight excluding hydrogens is 258 g/mol. The molecule has 0 spiro atoms. The van der Waals surface area contributed by atoms with Crippen LogP contribution in [0.2, 0.25) is 0 Å². The van der Waals surface area contributed by atoms with E-state index >= 15 is 0 Å². The van der Waals surface area contributed by atoms with Gasteiger partial charge in [0, 0.05) is 7.11 Å². The Balaban J connectivity index is 1.91. The Bertz CT molecular complexity index is 705. The maximum absolute atomic E-state index is 5.65. The largest absolute Gasteiger partial charge is 0.464 e. The Labute approximate surface area is 115 Å². The van der Waals surface area contributed by atoms with Gasteiger partial charge >= 0.3 is 0 Å². The fourth-order valence-electron chi connectivity index (χ4n) is 2.04. The van der Waals surface area contributed by atoms with Gasteiger partial charge in [0.1, 0.15) is 29.4 Å². The van der Waals surface area contributed by atoms with Crippen molar-refractivity contribution >= 4 is 17.0 Å². The van der Waals surface area contributed by atoms with Gasteiger partial charge in [0.2, 0.25) is 0 Å². The predicted octanol–water partition coefficient (Wildman–Crippen LogP) is 2.05. The van der Waals surface area contributed by atoms with Crippen LogP contribution in [0, 0.1) is 6.92 Å². The molecule has 3 rings (SSSR count). The minimum Gasteiger partial charge on any atom is -0.464 e. The van der Waals surface area contributed by atoms with E-state index in [1.54, 1.807) is 13.4 Å². The van der Waals surface area contributed by atoms with Gasteiger partial charge in [-0.3, -0.25) is 0 Å². The number of ether oxygens (including phenoxy) is 1. The van der Waals surface area contributed by atoms with Crippen LogP contribution in [0.25, 0.3) is 11.2 Å². The Kier molecular flexibility index (Phi) is 3.34. The highest BCUT2D eigenvalue weighted by Gasteiger charge is 2.17. The normalized spacial score (nSPS) is 12.7. The molecule has 0 amide bonds. The van der Waals surface area contributed by atoms with E-state index in [1.165, 1.54) is 6.33 Å². The second kappa shape index (κ2) is 5.30. The third-order valence-electron chi connectivity index (χ3n) is 2.97. The Morgan fingerprint density at radius 3 is 3.00 bits per heavy atom. The average molecular weight is 273 g/mol. The fourth-order valence-corrected chi connectivity index (χ4v) is 2.04. The highest BCUT2D eigenvalue weighted by atomic mass is 16.5. The minimum absolute atomic E-state index is 0.130. The summed E-state index contributed by atoms with van der Waals surface area (Å²) in [5.41, 5.74) is 1.38. The van der Waals surface area contributed by atoms with Gasteiger partial charge in [-0.15, -0.1) is 0 Å². The average Bonchev–Trinajstić information content (AvgIpc) is 3.07. The van der Waals surface area contributed by atoms with E-state index in [2.05, 4.69) is 25.3 Å². The first-order valence-electron chi connectivity index (χ1n) is 6.24. The number of furan rings is 1. The molecule has 0 fully saturated rings. The Morgan fingerprint density at radius 2 is 2.25 bits per heavy atom. The zero-order chi connectivity index (χ0) is 13.9. The van der Waals surface area contributed by atoms with Gasteiger partial charge in [-0.25, -0.2) is 15.0 Å². The predicted molar refractivity (Wildman–Crippen MR) is 73.4 cm³/mol. The lowest BCUT2D eigenvalue weighted by molar-refractivity contribution is 0.178. The molecule has 0 aliphatic heterocycles. The van der Waals surface area contributed by atoms with Crippen LogP contribution in [0.15, 0.2) is 29.2 Å². The van der Waals surface area contributed by atoms with Gasteiger partial charge in [0.05, 0.1) is 12.9 Å². The molecule has 0 saturated carbocycles. The zero-order valence-electron chi connectivity index (χ0n) is 11.3. The number of rotatable bonds is 5. The first kappa shape index (κ1) is 12.6. The first-order chi connectivity index (χ1) is 9.78. The summed E-state index contributed by atoms with van der Waals surface area (Å²) in [6.45, 7) is 2.37. The number of methoxy groups -OCH3 is 1. The summed E-state index contributed by atoms with van der Waals surface area (Å²) in [6.07, 6.45) is 3.07. The van der Waals surface area contributed by atoms with Gasteiger partial charge < -0.3 is 19.5 Å². The van der Waals surface area contributed by atoms with Crippen molar-refractivity contribution in [3.05, 3.63) is 36.3 Å². The van der Waals surface area contributed by atoms with Gasteiger partial charge in [-0.2, -0.15) is 0 Å². The molecule has 0 aliphatic rings. The van der Waals surface area contributed by atoms with E-state index in [9.17, 15) is 0 Å². The molecule has 1 unspecified atom stereocenters. The van der Waals surface area contributed by atoms with Crippen molar-refractivity contribution in [2.24, 2.45) is 0 Å². The Hall–Kier alpha value is -2.41. The van der Waals surface area contributed by atoms with Crippen LogP contribution in [0.4, 0.5) is 5.82 Å². The maximum Gasteiger partial charge on any atom is 0.182 e. The molecule has 0 saturated heterocycles. The lowest BCUT2D eigenvalue weighted by Gasteiger charge is -2.16. The highest BCUT2D eigenvalue weighted by molar-refractivity contribution is 5.82. The van der Waals surface area contributed by atoms with Crippen LogP contribution in [0.3, 0.4) is 0 Å². The molecule has 0 radical (unpaired) electrons. The maximum atomic E-state index is 5.65. The molecule has 3 aromatic rings. The minimum atomic E-state index is -0.130. The summed E-state index contributed by atoms with van der Waals surface area (Å²) in [5, 5.41) is 3.30. The van der Waals surface area contributed by atoms with Gasteiger partial charge in [-0.05, 0) is 19.1 Å². The second-order valence-electron chi connectivity index (χ2n) is 4.42. The second-order valence-corrected chi connectivity index (χ2v) is 4.42. The smallest absolute Gasteiger partial charge is 0.182 e. The summed E-state index contributed by atoms with van der Waals surface area (Å²) in [7, 11) is 1.65. The quantitative estimate of drug-likeness (QED) is 0.739. The number of aryl methyl sites for hydroxylation is 1. The third-order valence-corrected chi connectivity index (χ3v) is 2.97. The molecular formula is C13H15N5O2. The van der Waals surface area contributed by atoms with Crippen molar-refractivity contribution in [2.45, 2.75) is 13.0 Å². The molecule has 7 heteroatoms. The standard InChI is InChI=1S/C13H15N5O2/c1-8-3-4-10(20-8)9(5-19-2)18-13-11-12(15-6-14-11)16-7-17-13/h3-4,6-7,9H,5H2,1-2H3,(H2,14,15,16,17,18). The number of nitrogens with zero attached hydrogens (tertiary/aromatic N) is 3. The van der Waals surface area contributed by atoms with Crippen molar-refractivity contribution in [3.63, 3.8) is 0 Å². The number of imidazole rings is 1.